The summed E-state index contributed by atoms with van der Waals surface area (Å²) in [5, 5.41) is 14.2. The summed E-state index contributed by atoms with van der Waals surface area (Å²) < 4.78 is 1.63. The Morgan fingerprint density at radius 2 is 2.15 bits per heavy atom. The average Bonchev–Trinajstić information content (AvgIpc) is 3.12. The van der Waals surface area contributed by atoms with Crippen molar-refractivity contribution in [3.8, 4) is 6.07 Å². The van der Waals surface area contributed by atoms with Crippen LogP contribution in [0.1, 0.15) is 28.9 Å². The van der Waals surface area contributed by atoms with Crippen molar-refractivity contribution in [1.82, 2.24) is 24.6 Å². The fourth-order valence-electron chi connectivity index (χ4n) is 3.12. The first kappa shape index (κ1) is 18.2. The van der Waals surface area contributed by atoms with Gasteiger partial charge in [0.05, 0.1) is 6.20 Å². The van der Waals surface area contributed by atoms with Crippen LogP contribution >= 0.6 is 11.8 Å². The van der Waals surface area contributed by atoms with E-state index in [4.69, 9.17) is 0 Å². The summed E-state index contributed by atoms with van der Waals surface area (Å²) in [4.78, 5) is 25.1. The van der Waals surface area contributed by atoms with Gasteiger partial charge in [0, 0.05) is 39.4 Å². The zero-order valence-electron chi connectivity index (χ0n) is 15.1. The Hall–Kier alpha value is -2.60. The number of hydrogen-bond acceptors (Lipinski definition) is 7. The first-order chi connectivity index (χ1) is 12.5. The van der Waals surface area contributed by atoms with E-state index in [9.17, 15) is 10.1 Å². The Morgan fingerprint density at radius 1 is 1.42 bits per heavy atom. The van der Waals surface area contributed by atoms with Gasteiger partial charge < -0.3 is 9.80 Å². The van der Waals surface area contributed by atoms with Gasteiger partial charge in [0.25, 0.3) is 5.91 Å². The Labute approximate surface area is 156 Å². The van der Waals surface area contributed by atoms with Gasteiger partial charge in [-0.25, -0.2) is 9.97 Å². The first-order valence-electron chi connectivity index (χ1n) is 8.36. The highest BCUT2D eigenvalue weighted by Gasteiger charge is 2.28. The lowest BCUT2D eigenvalue weighted by Gasteiger charge is -2.37. The van der Waals surface area contributed by atoms with E-state index in [1.165, 1.54) is 11.8 Å². The van der Waals surface area contributed by atoms with E-state index in [2.05, 4.69) is 26.0 Å². The molecule has 0 N–H and O–H groups in total. The lowest BCUT2D eigenvalue weighted by atomic mass is 10.0. The number of anilines is 1. The normalized spacial score (nSPS) is 14.9. The summed E-state index contributed by atoms with van der Waals surface area (Å²) in [7, 11) is 3.63. The lowest BCUT2D eigenvalue weighted by molar-refractivity contribution is 0.0702. The molecule has 0 unspecified atom stereocenters. The summed E-state index contributed by atoms with van der Waals surface area (Å²) in [5.41, 5.74) is 0.948. The highest BCUT2D eigenvalue weighted by Crippen LogP contribution is 2.25. The second-order valence-corrected chi connectivity index (χ2v) is 6.99. The predicted molar refractivity (Wildman–Crippen MR) is 99.1 cm³/mol. The molecule has 0 aromatic carbocycles. The maximum absolute atomic E-state index is 12.6. The highest BCUT2D eigenvalue weighted by atomic mass is 32.2. The fourth-order valence-corrected chi connectivity index (χ4v) is 3.45. The maximum Gasteiger partial charge on any atom is 0.274 e. The van der Waals surface area contributed by atoms with Gasteiger partial charge in [-0.2, -0.15) is 10.4 Å². The minimum absolute atomic E-state index is 0.0616. The third kappa shape index (κ3) is 3.65. The summed E-state index contributed by atoms with van der Waals surface area (Å²) >= 11 is 1.45. The van der Waals surface area contributed by atoms with Gasteiger partial charge in [-0.3, -0.25) is 9.48 Å². The van der Waals surface area contributed by atoms with Gasteiger partial charge >= 0.3 is 0 Å². The number of nitrogens with zero attached hydrogens (tertiary/aromatic N) is 7. The van der Waals surface area contributed by atoms with Crippen LogP contribution in [-0.4, -0.2) is 63.0 Å². The largest absolute Gasteiger partial charge is 0.355 e. The van der Waals surface area contributed by atoms with Crippen molar-refractivity contribution in [2.45, 2.75) is 24.0 Å². The van der Waals surface area contributed by atoms with Crippen LogP contribution in [0.4, 0.5) is 5.82 Å². The number of carbonyl (C=O) groups is 1. The molecular formula is C17H21N7OS. The van der Waals surface area contributed by atoms with Crippen molar-refractivity contribution in [3.05, 3.63) is 29.7 Å². The smallest absolute Gasteiger partial charge is 0.274 e. The minimum Gasteiger partial charge on any atom is -0.355 e. The Balaban J connectivity index is 1.68. The molecule has 1 amide bonds. The van der Waals surface area contributed by atoms with Crippen LogP contribution in [0.2, 0.25) is 0 Å². The van der Waals surface area contributed by atoms with Gasteiger partial charge in [0.2, 0.25) is 0 Å². The quantitative estimate of drug-likeness (QED) is 0.595. The van der Waals surface area contributed by atoms with Gasteiger partial charge in [0.1, 0.15) is 17.3 Å². The van der Waals surface area contributed by atoms with Crippen LogP contribution in [-0.2, 0) is 7.05 Å². The van der Waals surface area contributed by atoms with Crippen LogP contribution < -0.4 is 4.90 Å². The number of hydrogen-bond donors (Lipinski definition) is 0. The molecule has 26 heavy (non-hydrogen) atoms. The molecule has 136 valence electrons. The molecule has 1 aliphatic rings. The number of rotatable bonds is 4. The summed E-state index contributed by atoms with van der Waals surface area (Å²) in [5.74, 6) is 0.623. The Kier molecular flexibility index (Phi) is 5.42. The van der Waals surface area contributed by atoms with Gasteiger partial charge in [-0.1, -0.05) is 11.8 Å². The molecule has 0 saturated carbocycles. The molecule has 1 saturated heterocycles. The summed E-state index contributed by atoms with van der Waals surface area (Å²) in [6.07, 6.45) is 6.90. The maximum atomic E-state index is 12.6. The molecule has 0 atom stereocenters. The monoisotopic (exact) mass is 371 g/mol. The van der Waals surface area contributed by atoms with E-state index in [1.54, 1.807) is 35.1 Å². The second kappa shape index (κ2) is 7.74. The molecule has 2 aromatic heterocycles. The van der Waals surface area contributed by atoms with E-state index >= 15 is 0 Å². The Bertz CT molecular complexity index is 836. The topological polar surface area (TPSA) is 90.9 Å². The third-order valence-corrected chi connectivity index (χ3v) is 5.18. The molecule has 0 spiro atoms. The van der Waals surface area contributed by atoms with E-state index in [0.29, 0.717) is 22.2 Å². The molecule has 1 fully saturated rings. The molecule has 0 radical (unpaired) electrons. The Morgan fingerprint density at radius 3 is 2.73 bits per heavy atom. The van der Waals surface area contributed by atoms with E-state index in [1.807, 2.05) is 13.3 Å². The van der Waals surface area contributed by atoms with Crippen LogP contribution in [0.15, 0.2) is 23.6 Å². The van der Waals surface area contributed by atoms with E-state index in [-0.39, 0.29) is 11.9 Å². The van der Waals surface area contributed by atoms with Gasteiger partial charge in [-0.15, -0.1) is 0 Å². The molecular weight excluding hydrogens is 350 g/mol. The number of aryl methyl sites for hydroxylation is 1. The number of amides is 1. The van der Waals surface area contributed by atoms with E-state index in [0.717, 1.165) is 25.9 Å². The summed E-state index contributed by atoms with van der Waals surface area (Å²) in [6, 6.07) is 4.05. The number of nitriles is 1. The minimum atomic E-state index is -0.0616. The molecule has 0 bridgehead atoms. The average molecular weight is 371 g/mol. The molecule has 8 nitrogen and oxygen atoms in total. The van der Waals surface area contributed by atoms with Gasteiger partial charge in [0.15, 0.2) is 11.0 Å². The molecule has 0 aliphatic carbocycles. The van der Waals surface area contributed by atoms with Crippen LogP contribution in [0.25, 0.3) is 0 Å². The number of aromatic nitrogens is 4. The van der Waals surface area contributed by atoms with Crippen LogP contribution in [0.5, 0.6) is 0 Å². The van der Waals surface area contributed by atoms with Gasteiger partial charge in [-0.05, 0) is 25.2 Å². The molecule has 1 aliphatic heterocycles. The first-order valence-corrected chi connectivity index (χ1v) is 9.59. The molecule has 3 rings (SSSR count). The van der Waals surface area contributed by atoms with Crippen molar-refractivity contribution in [2.24, 2.45) is 7.05 Å². The predicted octanol–water partition coefficient (Wildman–Crippen LogP) is 1.54. The number of piperidine rings is 1. The van der Waals surface area contributed by atoms with Crippen molar-refractivity contribution < 1.29 is 4.79 Å². The second-order valence-electron chi connectivity index (χ2n) is 6.21. The lowest BCUT2D eigenvalue weighted by Crippen LogP contribution is -2.46. The zero-order valence-corrected chi connectivity index (χ0v) is 15.9. The number of thioether (sulfide) groups is 1. The van der Waals surface area contributed by atoms with Crippen molar-refractivity contribution in [3.63, 3.8) is 0 Å². The van der Waals surface area contributed by atoms with Crippen LogP contribution in [0, 0.1) is 11.3 Å². The standard InChI is InChI=1S/C17H21N7OS/c1-22-7-6-14(21-22)16(25)23(2)13-4-8-24(9-5-13)15-12(10-18)11-19-17(20-15)26-3/h6-7,11,13H,4-5,8-9H2,1-3H3. The van der Waals surface area contributed by atoms with Crippen molar-refractivity contribution in [2.75, 3.05) is 31.3 Å². The molecule has 2 aromatic rings. The fraction of sp³-hybridized carbons (Fsp3) is 0.471. The zero-order chi connectivity index (χ0) is 18.7. The van der Waals surface area contributed by atoms with Crippen molar-refractivity contribution in [1.29, 1.82) is 5.26 Å². The molecule has 9 heteroatoms. The van der Waals surface area contributed by atoms with Crippen LogP contribution in [0.3, 0.4) is 0 Å². The molecule has 3 heterocycles. The summed E-state index contributed by atoms with van der Waals surface area (Å²) in [6.45, 7) is 1.48. The number of carbonyl (C=O) groups excluding carboxylic acids is 1. The van der Waals surface area contributed by atoms with Crippen molar-refractivity contribution >= 4 is 23.5 Å². The third-order valence-electron chi connectivity index (χ3n) is 4.61. The van der Waals surface area contributed by atoms with E-state index < -0.39 is 0 Å². The highest BCUT2D eigenvalue weighted by molar-refractivity contribution is 7.98. The SMILES string of the molecule is CSc1ncc(C#N)c(N2CCC(N(C)C(=O)c3ccn(C)n3)CC2)n1.